The van der Waals surface area contributed by atoms with Crippen molar-refractivity contribution in [1.29, 1.82) is 0 Å². The maximum absolute atomic E-state index is 15.8. The van der Waals surface area contributed by atoms with E-state index in [9.17, 15) is 0 Å². The van der Waals surface area contributed by atoms with Crippen molar-refractivity contribution in [2.24, 2.45) is 0 Å². The fourth-order valence-corrected chi connectivity index (χ4v) is 5.19. The molecule has 0 bridgehead atoms. The summed E-state index contributed by atoms with van der Waals surface area (Å²) in [5.41, 5.74) is 14.4. The van der Waals surface area contributed by atoms with Crippen LogP contribution in [-0.4, -0.2) is 0 Å². The van der Waals surface area contributed by atoms with Gasteiger partial charge in [-0.2, -0.15) is 17.6 Å². The lowest BCUT2D eigenvalue weighted by molar-refractivity contribution is -0.224. The normalized spacial score (nSPS) is 17.8. The Morgan fingerprint density at radius 1 is 0.647 bits per heavy atom. The number of nitrogen functional groups attached to an aromatic ring is 2. The standard InChI is InChI=1S/C28H36F4N2/c1-15(2)21-11-19(13-23(25(21)33)17-7-5-8-17)27(29,30)28(31,32)20-12-22(16(3)4)26(34)24(14-20)18-9-6-10-18/h11-18H,5-10,33-34H2,1-4H3. The van der Waals surface area contributed by atoms with E-state index in [1.54, 1.807) is 0 Å². The second-order valence-electron chi connectivity index (χ2n) is 10.9. The van der Waals surface area contributed by atoms with Crippen molar-refractivity contribution in [3.05, 3.63) is 57.6 Å². The first-order valence-electron chi connectivity index (χ1n) is 12.5. The predicted molar refractivity (Wildman–Crippen MR) is 131 cm³/mol. The fourth-order valence-electron chi connectivity index (χ4n) is 5.19. The molecule has 2 aliphatic carbocycles. The second kappa shape index (κ2) is 8.76. The Morgan fingerprint density at radius 3 is 1.21 bits per heavy atom. The number of alkyl halides is 4. The zero-order valence-corrected chi connectivity index (χ0v) is 20.5. The van der Waals surface area contributed by atoms with Gasteiger partial charge >= 0.3 is 11.8 Å². The second-order valence-corrected chi connectivity index (χ2v) is 10.9. The van der Waals surface area contributed by atoms with E-state index in [-0.39, 0.29) is 23.7 Å². The molecule has 0 amide bonds. The van der Waals surface area contributed by atoms with Gasteiger partial charge in [0.1, 0.15) is 0 Å². The maximum atomic E-state index is 15.8. The number of anilines is 2. The lowest BCUT2D eigenvalue weighted by Gasteiger charge is -2.34. The van der Waals surface area contributed by atoms with Gasteiger partial charge in [-0.05, 0) is 95.9 Å². The first kappa shape index (κ1) is 24.9. The first-order chi connectivity index (χ1) is 15.9. The summed E-state index contributed by atoms with van der Waals surface area (Å²) < 4.78 is 63.2. The van der Waals surface area contributed by atoms with Gasteiger partial charge in [0.25, 0.3) is 0 Å². The van der Waals surface area contributed by atoms with Crippen molar-refractivity contribution in [1.82, 2.24) is 0 Å². The lowest BCUT2D eigenvalue weighted by Crippen LogP contribution is -2.36. The first-order valence-corrected chi connectivity index (χ1v) is 12.5. The molecule has 0 saturated heterocycles. The number of nitrogens with two attached hydrogens (primary N) is 2. The summed E-state index contributed by atoms with van der Waals surface area (Å²) in [7, 11) is 0. The predicted octanol–water partition coefficient (Wildman–Crippen LogP) is 8.52. The Kier molecular flexibility index (Phi) is 6.41. The van der Waals surface area contributed by atoms with Crippen molar-refractivity contribution in [2.45, 2.75) is 102 Å². The maximum Gasteiger partial charge on any atom is 0.339 e. The fraction of sp³-hybridized carbons (Fsp3) is 0.571. The van der Waals surface area contributed by atoms with E-state index in [4.69, 9.17) is 11.5 Å². The van der Waals surface area contributed by atoms with E-state index in [1.165, 1.54) is 24.3 Å². The summed E-state index contributed by atoms with van der Waals surface area (Å²) in [6.45, 7) is 7.37. The van der Waals surface area contributed by atoms with Gasteiger partial charge in [0.05, 0.1) is 0 Å². The molecule has 0 atom stereocenters. The minimum Gasteiger partial charge on any atom is -0.398 e. The molecule has 6 heteroatoms. The third-order valence-corrected chi connectivity index (χ3v) is 7.94. The number of halogens is 4. The minimum atomic E-state index is -4.40. The summed E-state index contributed by atoms with van der Waals surface area (Å²) in [6, 6.07) is 4.83. The molecule has 0 heterocycles. The van der Waals surface area contributed by atoms with E-state index in [0.717, 1.165) is 38.5 Å². The summed E-state index contributed by atoms with van der Waals surface area (Å²) in [4.78, 5) is 0. The quantitative estimate of drug-likeness (QED) is 0.311. The Hall–Kier alpha value is -2.24. The molecule has 0 radical (unpaired) electrons. The van der Waals surface area contributed by atoms with E-state index in [2.05, 4.69) is 0 Å². The zero-order valence-electron chi connectivity index (χ0n) is 20.5. The van der Waals surface area contributed by atoms with Crippen LogP contribution in [0.3, 0.4) is 0 Å². The van der Waals surface area contributed by atoms with Crippen molar-refractivity contribution < 1.29 is 17.6 Å². The van der Waals surface area contributed by atoms with Crippen molar-refractivity contribution in [3.8, 4) is 0 Å². The van der Waals surface area contributed by atoms with Crippen LogP contribution >= 0.6 is 0 Å². The molecule has 2 fully saturated rings. The van der Waals surface area contributed by atoms with Gasteiger partial charge < -0.3 is 11.5 Å². The molecule has 2 saturated carbocycles. The lowest BCUT2D eigenvalue weighted by atomic mass is 9.75. The van der Waals surface area contributed by atoms with Crippen LogP contribution in [-0.2, 0) is 11.8 Å². The van der Waals surface area contributed by atoms with Gasteiger partial charge in [0.2, 0.25) is 0 Å². The van der Waals surface area contributed by atoms with Crippen LogP contribution < -0.4 is 11.5 Å². The Bertz CT molecular complexity index is 981. The molecule has 2 aromatic carbocycles. The highest BCUT2D eigenvalue weighted by molar-refractivity contribution is 5.61. The van der Waals surface area contributed by atoms with Crippen molar-refractivity contribution in [2.75, 3.05) is 11.5 Å². The molecule has 4 N–H and O–H groups in total. The molecule has 4 rings (SSSR count). The Labute approximate surface area is 200 Å². The average molecular weight is 477 g/mol. The SMILES string of the molecule is CC(C)c1cc(C(F)(F)C(F)(F)c2cc(C(C)C)c(N)c(C3CCC3)c2)cc(C2CCC2)c1N. The Morgan fingerprint density at radius 2 is 0.971 bits per heavy atom. The number of hydrogen-bond donors (Lipinski definition) is 2. The monoisotopic (exact) mass is 476 g/mol. The third kappa shape index (κ3) is 3.97. The highest BCUT2D eigenvalue weighted by Gasteiger charge is 2.59. The molecule has 34 heavy (non-hydrogen) atoms. The van der Waals surface area contributed by atoms with Crippen LogP contribution in [0.25, 0.3) is 0 Å². The van der Waals surface area contributed by atoms with Crippen LogP contribution in [0.5, 0.6) is 0 Å². The molecule has 2 aliphatic rings. The average Bonchev–Trinajstić information content (AvgIpc) is 2.67. The molecule has 0 aliphatic heterocycles. The number of benzene rings is 2. The van der Waals surface area contributed by atoms with Gasteiger partial charge in [-0.25, -0.2) is 0 Å². The zero-order chi connectivity index (χ0) is 25.0. The molecule has 0 aromatic heterocycles. The third-order valence-electron chi connectivity index (χ3n) is 7.94. The molecular weight excluding hydrogens is 440 g/mol. The molecule has 0 unspecified atom stereocenters. The Balaban J connectivity index is 1.85. The summed E-state index contributed by atoms with van der Waals surface area (Å²) >= 11 is 0. The van der Waals surface area contributed by atoms with Crippen LogP contribution in [0.1, 0.15) is 123 Å². The summed E-state index contributed by atoms with van der Waals surface area (Å²) in [5.74, 6) is -9.00. The van der Waals surface area contributed by atoms with Gasteiger partial charge in [-0.3, -0.25) is 0 Å². The van der Waals surface area contributed by atoms with Crippen LogP contribution in [0.4, 0.5) is 28.9 Å². The highest BCUT2D eigenvalue weighted by Crippen LogP contribution is 2.54. The van der Waals surface area contributed by atoms with Crippen LogP contribution in [0.2, 0.25) is 0 Å². The largest absolute Gasteiger partial charge is 0.398 e. The van der Waals surface area contributed by atoms with Gasteiger partial charge in [-0.1, -0.05) is 40.5 Å². The van der Waals surface area contributed by atoms with Gasteiger partial charge in [0.15, 0.2) is 0 Å². The molecule has 2 nitrogen and oxygen atoms in total. The van der Waals surface area contributed by atoms with E-state index >= 15 is 17.6 Å². The smallest absolute Gasteiger partial charge is 0.339 e. The van der Waals surface area contributed by atoms with E-state index in [0.29, 0.717) is 33.6 Å². The van der Waals surface area contributed by atoms with Gasteiger partial charge in [0, 0.05) is 22.5 Å². The van der Waals surface area contributed by atoms with E-state index in [1.807, 2.05) is 27.7 Å². The van der Waals surface area contributed by atoms with Crippen LogP contribution in [0.15, 0.2) is 24.3 Å². The molecule has 186 valence electrons. The number of rotatable bonds is 7. The minimum absolute atomic E-state index is 0.0520. The van der Waals surface area contributed by atoms with E-state index < -0.39 is 23.0 Å². The highest BCUT2D eigenvalue weighted by atomic mass is 19.3. The summed E-state index contributed by atoms with van der Waals surface area (Å²) in [5, 5.41) is 0. The summed E-state index contributed by atoms with van der Waals surface area (Å²) in [6.07, 6.45) is 5.35. The topological polar surface area (TPSA) is 52.0 Å². The van der Waals surface area contributed by atoms with Gasteiger partial charge in [-0.15, -0.1) is 0 Å². The molecule has 2 aromatic rings. The van der Waals surface area contributed by atoms with Crippen LogP contribution in [0, 0.1) is 0 Å². The molecule has 0 spiro atoms. The van der Waals surface area contributed by atoms with Crippen molar-refractivity contribution in [3.63, 3.8) is 0 Å². The van der Waals surface area contributed by atoms with Crippen molar-refractivity contribution >= 4 is 11.4 Å². The molecular formula is C28H36F4N2. The number of hydrogen-bond acceptors (Lipinski definition) is 2.